The normalized spacial score (nSPS) is 10.4. The van der Waals surface area contributed by atoms with Crippen LogP contribution in [-0.4, -0.2) is 18.1 Å². The molecule has 0 saturated heterocycles. The van der Waals surface area contributed by atoms with Gasteiger partial charge in [0.25, 0.3) is 0 Å². The van der Waals surface area contributed by atoms with E-state index in [-0.39, 0.29) is 0 Å². The first-order valence-corrected chi connectivity index (χ1v) is 4.58. The molecule has 0 aliphatic carbocycles. The Hall–Kier alpha value is -1.61. The summed E-state index contributed by atoms with van der Waals surface area (Å²) in [6.45, 7) is 1.05. The van der Waals surface area contributed by atoms with Gasteiger partial charge in [0.05, 0.1) is 11.7 Å². The molecule has 2 aromatic rings. The number of rotatable bonds is 3. The standard InChI is InChI=1S/C11H12N2O/c12-5-6-14-10-7-9-3-1-2-4-11(9)13-8-10/h1-4,7-8H,5-6,12H2. The van der Waals surface area contributed by atoms with Crippen molar-refractivity contribution in [2.24, 2.45) is 5.73 Å². The quantitative estimate of drug-likeness (QED) is 0.795. The van der Waals surface area contributed by atoms with Crippen LogP contribution in [0.4, 0.5) is 0 Å². The number of fused-ring (bicyclic) bond motifs is 1. The van der Waals surface area contributed by atoms with Crippen LogP contribution in [0, 0.1) is 0 Å². The largest absolute Gasteiger partial charge is 0.491 e. The second-order valence-corrected chi connectivity index (χ2v) is 3.00. The van der Waals surface area contributed by atoms with Crippen LogP contribution in [0.5, 0.6) is 5.75 Å². The third kappa shape index (κ3) is 1.83. The van der Waals surface area contributed by atoms with Crippen LogP contribution in [0.15, 0.2) is 36.5 Å². The lowest BCUT2D eigenvalue weighted by molar-refractivity contribution is 0.327. The van der Waals surface area contributed by atoms with Crippen LogP contribution in [0.1, 0.15) is 0 Å². The number of hydrogen-bond donors (Lipinski definition) is 1. The molecule has 3 nitrogen and oxygen atoms in total. The molecule has 0 spiro atoms. The zero-order chi connectivity index (χ0) is 9.80. The van der Waals surface area contributed by atoms with Crippen molar-refractivity contribution in [1.82, 2.24) is 4.98 Å². The van der Waals surface area contributed by atoms with Gasteiger partial charge in [-0.05, 0) is 12.1 Å². The molecule has 0 atom stereocenters. The maximum atomic E-state index is 5.38. The van der Waals surface area contributed by atoms with Crippen LogP contribution in [-0.2, 0) is 0 Å². The molecule has 0 unspecified atom stereocenters. The molecular weight excluding hydrogens is 176 g/mol. The molecule has 0 radical (unpaired) electrons. The molecule has 14 heavy (non-hydrogen) atoms. The smallest absolute Gasteiger partial charge is 0.138 e. The van der Waals surface area contributed by atoms with Gasteiger partial charge in [-0.15, -0.1) is 0 Å². The summed E-state index contributed by atoms with van der Waals surface area (Å²) in [7, 11) is 0. The van der Waals surface area contributed by atoms with Gasteiger partial charge < -0.3 is 10.5 Å². The van der Waals surface area contributed by atoms with Crippen molar-refractivity contribution in [3.63, 3.8) is 0 Å². The summed E-state index contributed by atoms with van der Waals surface area (Å²) in [6, 6.07) is 9.91. The van der Waals surface area contributed by atoms with Gasteiger partial charge in [-0.1, -0.05) is 18.2 Å². The van der Waals surface area contributed by atoms with Crippen molar-refractivity contribution >= 4 is 10.9 Å². The highest BCUT2D eigenvalue weighted by Crippen LogP contribution is 2.17. The number of pyridine rings is 1. The molecular formula is C11H12N2O. The van der Waals surface area contributed by atoms with Crippen LogP contribution in [0.3, 0.4) is 0 Å². The Morgan fingerprint density at radius 3 is 3.00 bits per heavy atom. The van der Waals surface area contributed by atoms with Gasteiger partial charge in [0, 0.05) is 11.9 Å². The zero-order valence-corrected chi connectivity index (χ0v) is 7.81. The van der Waals surface area contributed by atoms with Gasteiger partial charge in [-0.3, -0.25) is 4.98 Å². The van der Waals surface area contributed by atoms with Crippen molar-refractivity contribution in [1.29, 1.82) is 0 Å². The molecule has 0 bridgehead atoms. The number of aromatic nitrogens is 1. The molecule has 2 rings (SSSR count). The highest BCUT2D eigenvalue weighted by Gasteiger charge is 1.96. The summed E-state index contributed by atoms with van der Waals surface area (Å²) in [5, 5.41) is 1.09. The fourth-order valence-corrected chi connectivity index (χ4v) is 1.31. The highest BCUT2D eigenvalue weighted by molar-refractivity contribution is 5.79. The Balaban J connectivity index is 2.32. The van der Waals surface area contributed by atoms with Gasteiger partial charge in [0.1, 0.15) is 12.4 Å². The summed E-state index contributed by atoms with van der Waals surface area (Å²) in [5.41, 5.74) is 6.32. The van der Waals surface area contributed by atoms with Crippen molar-refractivity contribution < 1.29 is 4.74 Å². The minimum atomic E-state index is 0.521. The van der Waals surface area contributed by atoms with E-state index in [2.05, 4.69) is 4.98 Å². The van der Waals surface area contributed by atoms with E-state index in [1.54, 1.807) is 6.20 Å². The summed E-state index contributed by atoms with van der Waals surface area (Å²) in [4.78, 5) is 4.27. The van der Waals surface area contributed by atoms with Gasteiger partial charge in [0.2, 0.25) is 0 Å². The average molecular weight is 188 g/mol. The predicted molar refractivity (Wildman–Crippen MR) is 56.3 cm³/mol. The van der Waals surface area contributed by atoms with Crippen molar-refractivity contribution in [2.75, 3.05) is 13.2 Å². The Morgan fingerprint density at radius 2 is 2.14 bits per heavy atom. The molecule has 2 N–H and O–H groups in total. The second kappa shape index (κ2) is 4.07. The van der Waals surface area contributed by atoms with E-state index in [0.717, 1.165) is 16.7 Å². The number of benzene rings is 1. The predicted octanol–water partition coefficient (Wildman–Crippen LogP) is 1.57. The minimum Gasteiger partial charge on any atom is -0.491 e. The molecule has 0 aliphatic heterocycles. The molecule has 0 fully saturated rings. The number of hydrogen-bond acceptors (Lipinski definition) is 3. The average Bonchev–Trinajstić information content (AvgIpc) is 2.26. The SMILES string of the molecule is NCCOc1cnc2ccccc2c1. The Morgan fingerprint density at radius 1 is 1.29 bits per heavy atom. The summed E-state index contributed by atoms with van der Waals surface area (Å²) < 4.78 is 5.38. The summed E-state index contributed by atoms with van der Waals surface area (Å²) >= 11 is 0. The first-order chi connectivity index (χ1) is 6.90. The number of nitrogens with two attached hydrogens (primary N) is 1. The Kier molecular flexibility index (Phi) is 2.60. The molecule has 1 aromatic carbocycles. The molecule has 0 amide bonds. The third-order valence-electron chi connectivity index (χ3n) is 1.95. The topological polar surface area (TPSA) is 48.1 Å². The lowest BCUT2D eigenvalue weighted by atomic mass is 10.2. The van der Waals surface area contributed by atoms with Crippen molar-refractivity contribution in [3.8, 4) is 5.75 Å². The lowest BCUT2D eigenvalue weighted by Crippen LogP contribution is -2.10. The zero-order valence-electron chi connectivity index (χ0n) is 7.81. The molecule has 72 valence electrons. The van der Waals surface area contributed by atoms with E-state index in [1.807, 2.05) is 30.3 Å². The van der Waals surface area contributed by atoms with E-state index >= 15 is 0 Å². The first kappa shape index (κ1) is 8.97. The second-order valence-electron chi connectivity index (χ2n) is 3.00. The first-order valence-electron chi connectivity index (χ1n) is 4.58. The summed E-state index contributed by atoms with van der Waals surface area (Å²) in [6.07, 6.45) is 1.72. The van der Waals surface area contributed by atoms with Gasteiger partial charge in [-0.2, -0.15) is 0 Å². The van der Waals surface area contributed by atoms with Crippen LogP contribution in [0.25, 0.3) is 10.9 Å². The molecule has 1 heterocycles. The molecule has 0 aliphatic rings. The van der Waals surface area contributed by atoms with Gasteiger partial charge in [0.15, 0.2) is 0 Å². The fourth-order valence-electron chi connectivity index (χ4n) is 1.31. The van der Waals surface area contributed by atoms with E-state index in [0.29, 0.717) is 13.2 Å². The maximum Gasteiger partial charge on any atom is 0.138 e. The molecule has 0 saturated carbocycles. The van der Waals surface area contributed by atoms with E-state index in [4.69, 9.17) is 10.5 Å². The lowest BCUT2D eigenvalue weighted by Gasteiger charge is -2.04. The Bertz CT molecular complexity index is 428. The molecule has 1 aromatic heterocycles. The minimum absolute atomic E-state index is 0.521. The highest BCUT2D eigenvalue weighted by atomic mass is 16.5. The van der Waals surface area contributed by atoms with E-state index < -0.39 is 0 Å². The van der Waals surface area contributed by atoms with E-state index in [9.17, 15) is 0 Å². The van der Waals surface area contributed by atoms with Crippen LogP contribution in [0.2, 0.25) is 0 Å². The van der Waals surface area contributed by atoms with Gasteiger partial charge in [-0.25, -0.2) is 0 Å². The summed E-state index contributed by atoms with van der Waals surface area (Å²) in [5.74, 6) is 0.772. The fraction of sp³-hybridized carbons (Fsp3) is 0.182. The monoisotopic (exact) mass is 188 g/mol. The molecule has 3 heteroatoms. The third-order valence-corrected chi connectivity index (χ3v) is 1.95. The Labute approximate surface area is 82.5 Å². The number of nitrogens with zero attached hydrogens (tertiary/aromatic N) is 1. The van der Waals surface area contributed by atoms with Crippen LogP contribution < -0.4 is 10.5 Å². The van der Waals surface area contributed by atoms with Crippen molar-refractivity contribution in [2.45, 2.75) is 0 Å². The maximum absolute atomic E-state index is 5.38. The van der Waals surface area contributed by atoms with Gasteiger partial charge >= 0.3 is 0 Å². The van der Waals surface area contributed by atoms with E-state index in [1.165, 1.54) is 0 Å². The van der Waals surface area contributed by atoms with Crippen LogP contribution >= 0.6 is 0 Å². The number of ether oxygens (including phenoxy) is 1. The van der Waals surface area contributed by atoms with Crippen molar-refractivity contribution in [3.05, 3.63) is 36.5 Å². The number of para-hydroxylation sites is 1.